The molecule has 1 N–H and O–H groups in total. The van der Waals surface area contributed by atoms with Crippen LogP contribution in [0.3, 0.4) is 0 Å². The number of nitrogens with zero attached hydrogens (tertiary/aromatic N) is 3. The maximum absolute atomic E-state index is 12.2. The number of rotatable bonds is 4. The molecule has 2 aromatic heterocycles. The molecule has 1 aromatic carbocycles. The van der Waals surface area contributed by atoms with Crippen LogP contribution in [-0.2, 0) is 4.79 Å². The van der Waals surface area contributed by atoms with E-state index in [0.29, 0.717) is 18.1 Å². The molecule has 4 rings (SSSR count). The minimum Gasteiger partial charge on any atom is -0.326 e. The Morgan fingerprint density at radius 3 is 2.96 bits per heavy atom. The molecule has 0 spiro atoms. The molecule has 0 atom stereocenters. The zero-order chi connectivity index (χ0) is 16.4. The lowest BCUT2D eigenvalue weighted by atomic mass is 10.0. The lowest BCUT2D eigenvalue weighted by Crippen LogP contribution is -2.15. The van der Waals surface area contributed by atoms with Gasteiger partial charge in [0.1, 0.15) is 0 Å². The summed E-state index contributed by atoms with van der Waals surface area (Å²) in [7, 11) is 0. The van der Waals surface area contributed by atoms with Crippen LogP contribution in [0.1, 0.15) is 32.1 Å². The molecule has 1 aliphatic carbocycles. The molecule has 1 aliphatic rings. The lowest BCUT2D eigenvalue weighted by molar-refractivity contribution is -0.117. The second-order valence-electron chi connectivity index (χ2n) is 6.44. The molecule has 1 fully saturated rings. The van der Waals surface area contributed by atoms with Gasteiger partial charge in [-0.2, -0.15) is 0 Å². The van der Waals surface area contributed by atoms with Gasteiger partial charge in [-0.3, -0.25) is 9.20 Å². The number of anilines is 1. The van der Waals surface area contributed by atoms with E-state index in [2.05, 4.69) is 15.3 Å². The third kappa shape index (κ3) is 3.15. The minimum absolute atomic E-state index is 0.107. The van der Waals surface area contributed by atoms with E-state index in [9.17, 15) is 4.79 Å². The number of carbonyl (C=O) groups is 1. The summed E-state index contributed by atoms with van der Waals surface area (Å²) in [6.45, 7) is 0. The van der Waals surface area contributed by atoms with E-state index in [0.717, 1.165) is 16.9 Å². The largest absolute Gasteiger partial charge is 0.326 e. The number of nitrogens with one attached hydrogen (secondary N) is 1. The average molecular weight is 320 g/mol. The highest BCUT2D eigenvalue weighted by molar-refractivity contribution is 5.91. The van der Waals surface area contributed by atoms with Crippen LogP contribution in [0, 0.1) is 5.92 Å². The number of carbonyl (C=O) groups excluding carboxylic acids is 1. The van der Waals surface area contributed by atoms with Crippen molar-refractivity contribution >= 4 is 17.4 Å². The monoisotopic (exact) mass is 320 g/mol. The van der Waals surface area contributed by atoms with E-state index >= 15 is 0 Å². The summed E-state index contributed by atoms with van der Waals surface area (Å²) in [5.41, 5.74) is 2.64. The topological polar surface area (TPSA) is 59.3 Å². The standard InChI is InChI=1S/C19H20N4O/c24-18(11-14-5-1-2-6-14)21-16-8-3-7-15(12-16)17-13-23-10-4-9-20-19(23)22-17/h3-4,7-10,12-14H,1-2,5-6,11H2,(H,21,24). The van der Waals surface area contributed by atoms with Gasteiger partial charge in [0.2, 0.25) is 11.7 Å². The highest BCUT2D eigenvalue weighted by atomic mass is 16.1. The van der Waals surface area contributed by atoms with Crippen LogP contribution >= 0.6 is 0 Å². The van der Waals surface area contributed by atoms with Crippen LogP contribution in [0.5, 0.6) is 0 Å². The van der Waals surface area contributed by atoms with Crippen LogP contribution in [0.15, 0.2) is 48.9 Å². The summed E-state index contributed by atoms with van der Waals surface area (Å²) in [6, 6.07) is 9.70. The Bertz CT molecular complexity index is 831. The van der Waals surface area contributed by atoms with Gasteiger partial charge in [0.25, 0.3) is 0 Å². The predicted molar refractivity (Wildman–Crippen MR) is 93.6 cm³/mol. The van der Waals surface area contributed by atoms with Gasteiger partial charge in [-0.05, 0) is 37.0 Å². The first-order chi connectivity index (χ1) is 11.8. The van der Waals surface area contributed by atoms with Crippen LogP contribution in [0.4, 0.5) is 5.69 Å². The number of hydrogen-bond acceptors (Lipinski definition) is 3. The molecule has 5 heteroatoms. The van der Waals surface area contributed by atoms with Crippen molar-refractivity contribution in [3.8, 4) is 11.3 Å². The van der Waals surface area contributed by atoms with Gasteiger partial charge in [-0.15, -0.1) is 0 Å². The van der Waals surface area contributed by atoms with Gasteiger partial charge in [-0.25, -0.2) is 9.97 Å². The Morgan fingerprint density at radius 2 is 2.12 bits per heavy atom. The molecule has 3 aromatic rings. The van der Waals surface area contributed by atoms with E-state index in [1.807, 2.05) is 47.1 Å². The molecule has 0 unspecified atom stereocenters. The van der Waals surface area contributed by atoms with E-state index in [4.69, 9.17) is 0 Å². The van der Waals surface area contributed by atoms with Crippen LogP contribution in [-0.4, -0.2) is 20.3 Å². The molecule has 122 valence electrons. The number of aromatic nitrogens is 3. The molecule has 2 heterocycles. The first-order valence-corrected chi connectivity index (χ1v) is 8.48. The second kappa shape index (κ2) is 6.43. The van der Waals surface area contributed by atoms with Gasteiger partial charge in [0, 0.05) is 36.3 Å². The quantitative estimate of drug-likeness (QED) is 0.792. The van der Waals surface area contributed by atoms with Gasteiger partial charge < -0.3 is 5.32 Å². The maximum Gasteiger partial charge on any atom is 0.234 e. The Balaban J connectivity index is 1.51. The number of amides is 1. The molecule has 0 radical (unpaired) electrons. The Morgan fingerprint density at radius 1 is 1.25 bits per heavy atom. The summed E-state index contributed by atoms with van der Waals surface area (Å²) in [4.78, 5) is 21.0. The van der Waals surface area contributed by atoms with Crippen molar-refractivity contribution in [3.63, 3.8) is 0 Å². The number of imidazole rings is 1. The number of benzene rings is 1. The van der Waals surface area contributed by atoms with Crippen molar-refractivity contribution in [3.05, 3.63) is 48.9 Å². The first-order valence-electron chi connectivity index (χ1n) is 8.48. The molecule has 1 amide bonds. The molecular formula is C19H20N4O. The Hall–Kier alpha value is -2.69. The van der Waals surface area contributed by atoms with E-state index in [1.54, 1.807) is 6.20 Å². The first kappa shape index (κ1) is 14.9. The fraction of sp³-hybridized carbons (Fsp3) is 0.316. The van der Waals surface area contributed by atoms with Gasteiger partial charge in [0.05, 0.1) is 5.69 Å². The second-order valence-corrected chi connectivity index (χ2v) is 6.44. The normalized spacial score (nSPS) is 15.0. The van der Waals surface area contributed by atoms with E-state index < -0.39 is 0 Å². The number of hydrogen-bond donors (Lipinski definition) is 1. The summed E-state index contributed by atoms with van der Waals surface area (Å²) in [5.74, 6) is 1.33. The smallest absolute Gasteiger partial charge is 0.234 e. The zero-order valence-electron chi connectivity index (χ0n) is 13.5. The van der Waals surface area contributed by atoms with Crippen molar-refractivity contribution in [2.45, 2.75) is 32.1 Å². The summed E-state index contributed by atoms with van der Waals surface area (Å²) in [6.07, 6.45) is 11.1. The fourth-order valence-corrected chi connectivity index (χ4v) is 3.41. The third-order valence-electron chi connectivity index (χ3n) is 4.63. The lowest BCUT2D eigenvalue weighted by Gasteiger charge is -2.10. The van der Waals surface area contributed by atoms with Gasteiger partial charge >= 0.3 is 0 Å². The van der Waals surface area contributed by atoms with Crippen molar-refractivity contribution in [2.75, 3.05) is 5.32 Å². The van der Waals surface area contributed by atoms with Crippen molar-refractivity contribution in [2.24, 2.45) is 5.92 Å². The number of fused-ring (bicyclic) bond motifs is 1. The average Bonchev–Trinajstić information content (AvgIpc) is 3.24. The molecule has 0 aliphatic heterocycles. The van der Waals surface area contributed by atoms with Gasteiger partial charge in [-0.1, -0.05) is 25.0 Å². The molecule has 1 saturated carbocycles. The molecule has 5 nitrogen and oxygen atoms in total. The van der Waals surface area contributed by atoms with Crippen molar-refractivity contribution < 1.29 is 4.79 Å². The minimum atomic E-state index is 0.107. The zero-order valence-corrected chi connectivity index (χ0v) is 13.5. The van der Waals surface area contributed by atoms with Crippen molar-refractivity contribution in [1.29, 1.82) is 0 Å². The van der Waals surface area contributed by atoms with Crippen LogP contribution < -0.4 is 5.32 Å². The van der Waals surface area contributed by atoms with E-state index in [-0.39, 0.29) is 5.91 Å². The summed E-state index contributed by atoms with van der Waals surface area (Å²) >= 11 is 0. The molecule has 0 bridgehead atoms. The fourth-order valence-electron chi connectivity index (χ4n) is 3.41. The maximum atomic E-state index is 12.2. The molecular weight excluding hydrogens is 300 g/mol. The summed E-state index contributed by atoms with van der Waals surface area (Å²) < 4.78 is 1.89. The SMILES string of the molecule is O=C(CC1CCCC1)Nc1cccc(-c2cn3cccnc3n2)c1. The Kier molecular flexibility index (Phi) is 3.99. The van der Waals surface area contributed by atoms with Crippen LogP contribution in [0.25, 0.3) is 17.0 Å². The third-order valence-corrected chi connectivity index (χ3v) is 4.63. The molecule has 0 saturated heterocycles. The highest BCUT2D eigenvalue weighted by Gasteiger charge is 2.18. The predicted octanol–water partition coefficient (Wildman–Crippen LogP) is 3.92. The highest BCUT2D eigenvalue weighted by Crippen LogP contribution is 2.28. The van der Waals surface area contributed by atoms with Crippen LogP contribution in [0.2, 0.25) is 0 Å². The Labute approximate surface area is 140 Å². The van der Waals surface area contributed by atoms with E-state index in [1.165, 1.54) is 25.7 Å². The molecule has 24 heavy (non-hydrogen) atoms. The van der Waals surface area contributed by atoms with Crippen molar-refractivity contribution in [1.82, 2.24) is 14.4 Å². The van der Waals surface area contributed by atoms with Gasteiger partial charge in [0.15, 0.2) is 0 Å². The summed E-state index contributed by atoms with van der Waals surface area (Å²) in [5, 5.41) is 3.02.